The zero-order chi connectivity index (χ0) is 17.2. The first-order valence-corrected chi connectivity index (χ1v) is 8.88. The number of hydrogen-bond acceptors (Lipinski definition) is 3. The molecule has 6 heteroatoms. The molecule has 2 rings (SSSR count). The van der Waals surface area contributed by atoms with Gasteiger partial charge in [0, 0.05) is 33.4 Å². The lowest BCUT2D eigenvalue weighted by atomic mass is 10.1. The number of aliphatic imine (C=N–C) groups is 1. The van der Waals surface area contributed by atoms with Crippen molar-refractivity contribution in [3.63, 3.8) is 0 Å². The third kappa shape index (κ3) is 8.76. The fourth-order valence-electron chi connectivity index (χ4n) is 2.55. The fourth-order valence-corrected chi connectivity index (χ4v) is 2.55. The van der Waals surface area contributed by atoms with Gasteiger partial charge in [-0.05, 0) is 50.2 Å². The van der Waals surface area contributed by atoms with Crippen LogP contribution in [0.25, 0.3) is 0 Å². The molecule has 2 N–H and O–H groups in total. The maximum absolute atomic E-state index is 5.63. The highest BCUT2D eigenvalue weighted by Gasteiger charge is 2.20. The number of guanidine groups is 1. The van der Waals surface area contributed by atoms with Crippen molar-refractivity contribution in [3.8, 4) is 5.75 Å². The Labute approximate surface area is 169 Å². The van der Waals surface area contributed by atoms with Crippen LogP contribution >= 0.6 is 24.0 Å². The number of rotatable bonds is 10. The number of halogens is 1. The van der Waals surface area contributed by atoms with Gasteiger partial charge in [-0.25, -0.2) is 0 Å². The molecule has 1 fully saturated rings. The molecule has 0 saturated heterocycles. The maximum Gasteiger partial charge on any atom is 0.190 e. The minimum absolute atomic E-state index is 0. The fraction of sp³-hybridized carbons (Fsp3) is 0.632. The summed E-state index contributed by atoms with van der Waals surface area (Å²) >= 11 is 0. The van der Waals surface area contributed by atoms with Gasteiger partial charge in [0.2, 0.25) is 0 Å². The van der Waals surface area contributed by atoms with Crippen LogP contribution < -0.4 is 15.4 Å². The van der Waals surface area contributed by atoms with E-state index in [1.165, 1.54) is 24.0 Å². The lowest BCUT2D eigenvalue weighted by molar-refractivity contribution is 0.123. The zero-order valence-electron chi connectivity index (χ0n) is 15.6. The van der Waals surface area contributed by atoms with Gasteiger partial charge in [-0.15, -0.1) is 24.0 Å². The summed E-state index contributed by atoms with van der Waals surface area (Å²) in [5.74, 6) is 2.62. The maximum atomic E-state index is 5.63. The first-order chi connectivity index (χ1) is 11.7. The summed E-state index contributed by atoms with van der Waals surface area (Å²) in [6.07, 6.45) is 4.59. The van der Waals surface area contributed by atoms with Crippen molar-refractivity contribution < 1.29 is 9.47 Å². The molecule has 0 bridgehead atoms. The average Bonchev–Trinajstić information content (AvgIpc) is 3.40. The van der Waals surface area contributed by atoms with E-state index in [2.05, 4.69) is 34.7 Å². The van der Waals surface area contributed by atoms with Crippen LogP contribution in [-0.4, -0.2) is 46.4 Å². The van der Waals surface area contributed by atoms with E-state index in [4.69, 9.17) is 9.47 Å². The number of aryl methyl sites for hydroxylation is 1. The van der Waals surface area contributed by atoms with E-state index in [-0.39, 0.29) is 24.0 Å². The Morgan fingerprint density at radius 1 is 1.24 bits per heavy atom. The van der Waals surface area contributed by atoms with E-state index in [1.807, 2.05) is 6.07 Å². The van der Waals surface area contributed by atoms with Crippen LogP contribution in [0.1, 0.15) is 30.4 Å². The molecule has 0 spiro atoms. The first-order valence-electron chi connectivity index (χ1n) is 8.88. The standard InChI is InChI=1S/C19H31N3O2.HI/c1-15-5-8-18(23-3)17(13-15)9-11-22-19(20-2)21-10-4-12-24-14-16-6-7-16;/h5,8,13,16H,4,6-7,9-12,14H2,1-3H3,(H2,20,21,22);1H. The summed E-state index contributed by atoms with van der Waals surface area (Å²) in [7, 11) is 3.51. The zero-order valence-corrected chi connectivity index (χ0v) is 18.0. The molecule has 1 saturated carbocycles. The molecule has 0 radical (unpaired) electrons. The minimum Gasteiger partial charge on any atom is -0.496 e. The highest BCUT2D eigenvalue weighted by molar-refractivity contribution is 14.0. The van der Waals surface area contributed by atoms with E-state index in [0.29, 0.717) is 0 Å². The van der Waals surface area contributed by atoms with Gasteiger partial charge in [0.15, 0.2) is 5.96 Å². The molecule has 0 atom stereocenters. The number of hydrogen-bond donors (Lipinski definition) is 2. The predicted molar refractivity (Wildman–Crippen MR) is 114 cm³/mol. The second-order valence-electron chi connectivity index (χ2n) is 6.36. The molecule has 1 aromatic carbocycles. The molecule has 1 aliphatic rings. The van der Waals surface area contributed by atoms with Crippen molar-refractivity contribution in [2.45, 2.75) is 32.6 Å². The number of nitrogens with one attached hydrogen (secondary N) is 2. The summed E-state index contributed by atoms with van der Waals surface area (Å²) < 4.78 is 11.1. The summed E-state index contributed by atoms with van der Waals surface area (Å²) in [6.45, 7) is 5.55. The third-order valence-corrected chi connectivity index (χ3v) is 4.15. The second kappa shape index (κ2) is 12.4. The van der Waals surface area contributed by atoms with Crippen molar-refractivity contribution in [1.82, 2.24) is 10.6 Å². The van der Waals surface area contributed by atoms with Crippen LogP contribution in [0.3, 0.4) is 0 Å². The van der Waals surface area contributed by atoms with Gasteiger partial charge in [-0.2, -0.15) is 0 Å². The molecule has 0 amide bonds. The van der Waals surface area contributed by atoms with E-state index < -0.39 is 0 Å². The summed E-state index contributed by atoms with van der Waals surface area (Å²) in [4.78, 5) is 4.26. The Balaban J connectivity index is 0.00000312. The lowest BCUT2D eigenvalue weighted by Gasteiger charge is -2.13. The van der Waals surface area contributed by atoms with Crippen molar-refractivity contribution in [2.24, 2.45) is 10.9 Å². The van der Waals surface area contributed by atoms with Gasteiger partial charge in [-0.1, -0.05) is 17.7 Å². The van der Waals surface area contributed by atoms with Crippen LogP contribution in [0.4, 0.5) is 0 Å². The van der Waals surface area contributed by atoms with Crippen LogP contribution in [0.5, 0.6) is 5.75 Å². The van der Waals surface area contributed by atoms with Gasteiger partial charge in [0.1, 0.15) is 5.75 Å². The summed E-state index contributed by atoms with van der Waals surface area (Å²) in [6, 6.07) is 6.27. The SMILES string of the molecule is CN=C(NCCCOCC1CC1)NCCc1cc(C)ccc1OC.I. The van der Waals surface area contributed by atoms with Gasteiger partial charge < -0.3 is 20.1 Å². The molecule has 142 valence electrons. The molecule has 0 aliphatic heterocycles. The van der Waals surface area contributed by atoms with Crippen LogP contribution in [0.2, 0.25) is 0 Å². The largest absolute Gasteiger partial charge is 0.496 e. The van der Waals surface area contributed by atoms with Crippen LogP contribution in [0.15, 0.2) is 23.2 Å². The minimum atomic E-state index is 0. The average molecular weight is 461 g/mol. The van der Waals surface area contributed by atoms with Gasteiger partial charge in [0.25, 0.3) is 0 Å². The Hall–Kier alpha value is -1.02. The Morgan fingerprint density at radius 3 is 2.68 bits per heavy atom. The van der Waals surface area contributed by atoms with Crippen molar-refractivity contribution in [1.29, 1.82) is 0 Å². The smallest absolute Gasteiger partial charge is 0.190 e. The molecule has 5 nitrogen and oxygen atoms in total. The number of ether oxygens (including phenoxy) is 2. The number of nitrogens with zero attached hydrogens (tertiary/aromatic N) is 1. The molecule has 25 heavy (non-hydrogen) atoms. The van der Waals surface area contributed by atoms with Crippen LogP contribution in [0, 0.1) is 12.8 Å². The Morgan fingerprint density at radius 2 is 2.00 bits per heavy atom. The summed E-state index contributed by atoms with van der Waals surface area (Å²) in [5, 5.41) is 6.68. The molecular weight excluding hydrogens is 429 g/mol. The number of methoxy groups -OCH3 is 1. The summed E-state index contributed by atoms with van der Waals surface area (Å²) in [5.41, 5.74) is 2.47. The van der Waals surface area contributed by atoms with Crippen LogP contribution in [-0.2, 0) is 11.2 Å². The molecule has 0 heterocycles. The lowest BCUT2D eigenvalue weighted by Crippen LogP contribution is -2.39. The highest BCUT2D eigenvalue weighted by atomic mass is 127. The molecule has 1 aromatic rings. The first kappa shape index (κ1) is 22.0. The van der Waals surface area contributed by atoms with Crippen molar-refractivity contribution >= 4 is 29.9 Å². The highest BCUT2D eigenvalue weighted by Crippen LogP contribution is 2.28. The van der Waals surface area contributed by atoms with Gasteiger partial charge >= 0.3 is 0 Å². The molecule has 1 aliphatic carbocycles. The topological polar surface area (TPSA) is 54.9 Å². The second-order valence-corrected chi connectivity index (χ2v) is 6.36. The van der Waals surface area contributed by atoms with Gasteiger partial charge in [-0.3, -0.25) is 4.99 Å². The van der Waals surface area contributed by atoms with E-state index >= 15 is 0 Å². The van der Waals surface area contributed by atoms with Gasteiger partial charge in [0.05, 0.1) is 7.11 Å². The van der Waals surface area contributed by atoms with Crippen molar-refractivity contribution in [2.75, 3.05) is 40.5 Å². The van der Waals surface area contributed by atoms with E-state index in [9.17, 15) is 0 Å². The molecule has 0 aromatic heterocycles. The Kier molecular flexibility index (Phi) is 10.9. The van der Waals surface area contributed by atoms with E-state index in [0.717, 1.165) is 56.8 Å². The normalized spacial score (nSPS) is 14.0. The molecular formula is C19H32IN3O2. The number of benzene rings is 1. The van der Waals surface area contributed by atoms with E-state index in [1.54, 1.807) is 14.2 Å². The van der Waals surface area contributed by atoms with Crippen molar-refractivity contribution in [3.05, 3.63) is 29.3 Å². The Bertz CT molecular complexity index is 533. The molecule has 0 unspecified atom stereocenters. The third-order valence-electron chi connectivity index (χ3n) is 4.15. The monoisotopic (exact) mass is 461 g/mol. The quantitative estimate of drug-likeness (QED) is 0.243. The predicted octanol–water partition coefficient (Wildman–Crippen LogP) is 3.15.